The van der Waals surface area contributed by atoms with E-state index in [0.29, 0.717) is 17.4 Å². The number of fused-ring (bicyclic) bond motifs is 2. The molecule has 1 N–H and O–H groups in total. The Balaban J connectivity index is 1.90. The van der Waals surface area contributed by atoms with Crippen molar-refractivity contribution in [3.05, 3.63) is 65.2 Å². The van der Waals surface area contributed by atoms with Gasteiger partial charge in [0.05, 0.1) is 28.8 Å². The van der Waals surface area contributed by atoms with E-state index in [1.54, 1.807) is 39.0 Å². The van der Waals surface area contributed by atoms with Crippen LogP contribution in [0.4, 0.5) is 14.5 Å². The molecule has 182 valence electrons. The standard InChI is InChI=1S/C26H23F2NO6/c1-4-16(25(32)33)14-9-11-15(12-10-14)29-23(30)19-20(24(29)31)22(35-26(27)28)18-8-6-5-7-17(18)21(19)34-13(2)3/h5-13,16,26H,4H2,1-3H3,(H,32,33). The van der Waals surface area contributed by atoms with Crippen molar-refractivity contribution >= 4 is 34.2 Å². The summed E-state index contributed by atoms with van der Waals surface area (Å²) in [4.78, 5) is 39.4. The number of halogens is 2. The molecule has 35 heavy (non-hydrogen) atoms. The Morgan fingerprint density at radius 1 is 0.914 bits per heavy atom. The quantitative estimate of drug-likeness (QED) is 0.419. The predicted molar refractivity (Wildman–Crippen MR) is 125 cm³/mol. The highest BCUT2D eigenvalue weighted by molar-refractivity contribution is 6.38. The number of carbonyl (C=O) groups excluding carboxylic acids is 2. The number of hydrogen-bond acceptors (Lipinski definition) is 5. The minimum absolute atomic E-state index is 0.113. The maximum Gasteiger partial charge on any atom is 0.387 e. The van der Waals surface area contributed by atoms with Crippen molar-refractivity contribution in [3.63, 3.8) is 0 Å². The highest BCUT2D eigenvalue weighted by Gasteiger charge is 2.44. The fraction of sp³-hybridized carbons (Fsp3) is 0.269. The third-order valence-corrected chi connectivity index (χ3v) is 5.77. The van der Waals surface area contributed by atoms with Crippen LogP contribution < -0.4 is 14.4 Å². The average Bonchev–Trinajstić information content (AvgIpc) is 3.06. The van der Waals surface area contributed by atoms with Crippen molar-refractivity contribution in [2.24, 2.45) is 0 Å². The van der Waals surface area contributed by atoms with Crippen molar-refractivity contribution in [2.45, 2.75) is 45.8 Å². The van der Waals surface area contributed by atoms with E-state index in [9.17, 15) is 28.3 Å². The van der Waals surface area contributed by atoms with Crippen LogP contribution in [0.3, 0.4) is 0 Å². The largest absolute Gasteiger partial charge is 0.489 e. The summed E-state index contributed by atoms with van der Waals surface area (Å²) in [5.41, 5.74) is 0.226. The molecule has 4 rings (SSSR count). The van der Waals surface area contributed by atoms with Crippen molar-refractivity contribution < 1.29 is 37.7 Å². The molecule has 0 aromatic heterocycles. The average molecular weight is 483 g/mol. The third kappa shape index (κ3) is 4.18. The first kappa shape index (κ1) is 24.1. The number of alkyl halides is 2. The molecule has 1 atom stereocenters. The summed E-state index contributed by atoms with van der Waals surface area (Å²) < 4.78 is 37.4. The van der Waals surface area contributed by atoms with Gasteiger partial charge in [0.25, 0.3) is 11.8 Å². The number of aliphatic carboxylic acids is 1. The van der Waals surface area contributed by atoms with Gasteiger partial charge in [0.15, 0.2) is 0 Å². The number of carboxylic acid groups (broad SMARTS) is 1. The van der Waals surface area contributed by atoms with Crippen molar-refractivity contribution in [1.29, 1.82) is 0 Å². The molecule has 2 amide bonds. The summed E-state index contributed by atoms with van der Waals surface area (Å²) in [7, 11) is 0. The normalized spacial score (nSPS) is 14.1. The van der Waals surface area contributed by atoms with E-state index in [1.807, 2.05) is 0 Å². The zero-order chi connectivity index (χ0) is 25.4. The SMILES string of the molecule is CCC(C(=O)O)c1ccc(N2C(=O)c3c(c(OC(F)F)c4ccccc4c3OC(C)C)C2=O)cc1. The van der Waals surface area contributed by atoms with Crippen molar-refractivity contribution in [2.75, 3.05) is 4.90 Å². The number of ether oxygens (including phenoxy) is 2. The van der Waals surface area contributed by atoms with Crippen LogP contribution >= 0.6 is 0 Å². The lowest BCUT2D eigenvalue weighted by Gasteiger charge is -2.18. The number of anilines is 1. The molecule has 0 fully saturated rings. The summed E-state index contributed by atoms with van der Waals surface area (Å²) in [5, 5.41) is 9.98. The lowest BCUT2D eigenvalue weighted by molar-refractivity contribution is -0.138. The molecule has 0 aliphatic carbocycles. The molecule has 1 aliphatic heterocycles. The minimum atomic E-state index is -3.22. The topological polar surface area (TPSA) is 93.1 Å². The van der Waals surface area contributed by atoms with Crippen LogP contribution in [0.5, 0.6) is 11.5 Å². The van der Waals surface area contributed by atoms with Crippen molar-refractivity contribution in [1.82, 2.24) is 0 Å². The van der Waals surface area contributed by atoms with Crippen LogP contribution in [-0.2, 0) is 4.79 Å². The van der Waals surface area contributed by atoms with Gasteiger partial charge in [-0.05, 0) is 38.0 Å². The Labute approximate surface area is 199 Å². The van der Waals surface area contributed by atoms with Gasteiger partial charge in [-0.2, -0.15) is 8.78 Å². The molecule has 0 radical (unpaired) electrons. The van der Waals surface area contributed by atoms with Crippen LogP contribution in [0.1, 0.15) is 59.4 Å². The second-order valence-electron chi connectivity index (χ2n) is 8.34. The van der Waals surface area contributed by atoms with E-state index in [2.05, 4.69) is 0 Å². The molecule has 0 bridgehead atoms. The number of benzene rings is 3. The van der Waals surface area contributed by atoms with Crippen LogP contribution in [0.2, 0.25) is 0 Å². The molecule has 1 heterocycles. The summed E-state index contributed by atoms with van der Waals surface area (Å²) in [5.74, 6) is -3.59. The molecule has 0 spiro atoms. The van der Waals surface area contributed by atoms with E-state index in [-0.39, 0.29) is 34.1 Å². The van der Waals surface area contributed by atoms with Crippen LogP contribution in [-0.4, -0.2) is 35.6 Å². The number of amides is 2. The monoisotopic (exact) mass is 483 g/mol. The molecular formula is C26H23F2NO6. The first-order chi connectivity index (χ1) is 16.6. The highest BCUT2D eigenvalue weighted by Crippen LogP contribution is 2.46. The third-order valence-electron chi connectivity index (χ3n) is 5.77. The van der Waals surface area contributed by atoms with Gasteiger partial charge in [-0.1, -0.05) is 43.3 Å². The molecule has 1 unspecified atom stereocenters. The Bertz CT molecular complexity index is 1250. The maximum absolute atomic E-state index is 13.6. The molecule has 3 aromatic carbocycles. The van der Waals surface area contributed by atoms with Crippen LogP contribution in [0, 0.1) is 0 Å². The summed E-state index contributed by atoms with van der Waals surface area (Å²) in [6.07, 6.45) is -0.0130. The van der Waals surface area contributed by atoms with Gasteiger partial charge in [-0.3, -0.25) is 14.4 Å². The lowest BCUT2D eigenvalue weighted by atomic mass is 9.96. The number of hydrogen-bond donors (Lipinski definition) is 1. The number of imide groups is 1. The van der Waals surface area contributed by atoms with E-state index >= 15 is 0 Å². The second kappa shape index (κ2) is 9.32. The minimum Gasteiger partial charge on any atom is -0.489 e. The maximum atomic E-state index is 13.6. The first-order valence-corrected chi connectivity index (χ1v) is 11.1. The Hall–Kier alpha value is -4.01. The smallest absolute Gasteiger partial charge is 0.387 e. The number of carbonyl (C=O) groups is 3. The van der Waals surface area contributed by atoms with Gasteiger partial charge in [-0.15, -0.1) is 0 Å². The number of rotatable bonds is 8. The van der Waals surface area contributed by atoms with Gasteiger partial charge in [0.2, 0.25) is 0 Å². The first-order valence-electron chi connectivity index (χ1n) is 11.1. The van der Waals surface area contributed by atoms with Gasteiger partial charge in [0, 0.05) is 10.8 Å². The zero-order valence-electron chi connectivity index (χ0n) is 19.2. The Morgan fingerprint density at radius 2 is 1.43 bits per heavy atom. The van der Waals surface area contributed by atoms with E-state index in [4.69, 9.17) is 9.47 Å². The van der Waals surface area contributed by atoms with E-state index < -0.39 is 36.1 Å². The molecule has 0 saturated carbocycles. The lowest BCUT2D eigenvalue weighted by Crippen LogP contribution is -2.29. The van der Waals surface area contributed by atoms with Crippen LogP contribution in [0.15, 0.2) is 48.5 Å². The molecule has 9 heteroatoms. The van der Waals surface area contributed by atoms with Gasteiger partial charge in [-0.25, -0.2) is 4.90 Å². The summed E-state index contributed by atoms with van der Waals surface area (Å²) >= 11 is 0. The Morgan fingerprint density at radius 3 is 1.86 bits per heavy atom. The molecule has 1 aliphatic rings. The van der Waals surface area contributed by atoms with Gasteiger partial charge in [0.1, 0.15) is 11.5 Å². The zero-order valence-corrected chi connectivity index (χ0v) is 19.2. The fourth-order valence-corrected chi connectivity index (χ4v) is 4.31. The molecule has 3 aromatic rings. The Kier molecular flexibility index (Phi) is 6.43. The number of nitrogens with zero attached hydrogens (tertiary/aromatic N) is 1. The fourth-order valence-electron chi connectivity index (χ4n) is 4.31. The highest BCUT2D eigenvalue weighted by atomic mass is 19.3. The number of carboxylic acids is 1. The van der Waals surface area contributed by atoms with Crippen molar-refractivity contribution in [3.8, 4) is 11.5 Å². The van der Waals surface area contributed by atoms with E-state index in [1.165, 1.54) is 30.3 Å². The molecule has 7 nitrogen and oxygen atoms in total. The summed E-state index contributed by atoms with van der Waals surface area (Å²) in [6, 6.07) is 12.4. The van der Waals surface area contributed by atoms with Crippen LogP contribution in [0.25, 0.3) is 10.8 Å². The van der Waals surface area contributed by atoms with E-state index in [0.717, 1.165) is 4.90 Å². The second-order valence-corrected chi connectivity index (χ2v) is 8.34. The van der Waals surface area contributed by atoms with Gasteiger partial charge >= 0.3 is 12.6 Å². The molecular weight excluding hydrogens is 460 g/mol. The predicted octanol–water partition coefficient (Wildman–Crippen LogP) is 5.61. The van der Waals surface area contributed by atoms with Gasteiger partial charge < -0.3 is 14.6 Å². The molecule has 0 saturated heterocycles. The summed E-state index contributed by atoms with van der Waals surface area (Å²) in [6.45, 7) is 2.00.